The molecule has 2 heteroatoms. The van der Waals surface area contributed by atoms with E-state index in [0.29, 0.717) is 29.0 Å². The summed E-state index contributed by atoms with van der Waals surface area (Å²) in [5.74, 6) is 2.84. The SMILES string of the molecule is C[C@]12CCCC[C@@H]1CC[C@@]1(C)C3CC[C@H](OCCCCCCO)[C@@]3(C)CC[C@H]21. The third kappa shape index (κ3) is 3.39. The summed E-state index contributed by atoms with van der Waals surface area (Å²) in [5.41, 5.74) is 1.58. The monoisotopic (exact) mass is 390 g/mol. The second-order valence-corrected chi connectivity index (χ2v) is 11.7. The fraction of sp³-hybridized carbons (Fsp3) is 1.00. The predicted molar refractivity (Wildman–Crippen MR) is 116 cm³/mol. The summed E-state index contributed by atoms with van der Waals surface area (Å²) >= 11 is 0. The molecule has 4 rings (SSSR count). The Balaban J connectivity index is 1.42. The Morgan fingerprint density at radius 1 is 0.714 bits per heavy atom. The van der Waals surface area contributed by atoms with E-state index in [0.717, 1.165) is 43.6 Å². The van der Waals surface area contributed by atoms with Crippen molar-refractivity contribution >= 4 is 0 Å². The van der Waals surface area contributed by atoms with Gasteiger partial charge in [0.2, 0.25) is 0 Å². The number of unbranched alkanes of at least 4 members (excludes halogenated alkanes) is 3. The quantitative estimate of drug-likeness (QED) is 0.487. The molecule has 0 amide bonds. The van der Waals surface area contributed by atoms with E-state index >= 15 is 0 Å². The number of aliphatic hydroxyl groups excluding tert-OH is 1. The highest BCUT2D eigenvalue weighted by Crippen LogP contribution is 2.71. The van der Waals surface area contributed by atoms with Crippen LogP contribution < -0.4 is 0 Å². The lowest BCUT2D eigenvalue weighted by atomic mass is 9.40. The van der Waals surface area contributed by atoms with Gasteiger partial charge in [0.25, 0.3) is 0 Å². The first-order valence-electron chi connectivity index (χ1n) is 12.7. The zero-order chi connectivity index (χ0) is 19.8. The van der Waals surface area contributed by atoms with Crippen LogP contribution in [-0.4, -0.2) is 24.4 Å². The van der Waals surface area contributed by atoms with Gasteiger partial charge in [0.15, 0.2) is 0 Å². The second-order valence-electron chi connectivity index (χ2n) is 11.7. The van der Waals surface area contributed by atoms with Gasteiger partial charge in [-0.1, -0.05) is 46.5 Å². The van der Waals surface area contributed by atoms with Crippen LogP contribution in [0.2, 0.25) is 0 Å². The van der Waals surface area contributed by atoms with E-state index in [1.807, 2.05) is 0 Å². The summed E-state index contributed by atoms with van der Waals surface area (Å²) in [4.78, 5) is 0. The number of fused-ring (bicyclic) bond motifs is 5. The van der Waals surface area contributed by atoms with Gasteiger partial charge in [0.05, 0.1) is 6.10 Å². The van der Waals surface area contributed by atoms with Crippen molar-refractivity contribution in [2.75, 3.05) is 13.2 Å². The van der Waals surface area contributed by atoms with Crippen LogP contribution in [0, 0.1) is 34.0 Å². The average molecular weight is 391 g/mol. The standard InChI is InChI=1S/C26H46O2/c1-24-15-7-6-10-20(24)13-16-25(2)21-11-12-23(26(21,3)17-14-22(24)25)28-19-9-5-4-8-18-27/h20-23,27H,4-19H2,1-3H3/t20-,21?,22-,23+,24+,25+,26+/m1/s1. The summed E-state index contributed by atoms with van der Waals surface area (Å²) in [6, 6.07) is 0. The number of rotatable bonds is 7. The van der Waals surface area contributed by atoms with E-state index in [-0.39, 0.29) is 0 Å². The molecule has 4 fully saturated rings. The van der Waals surface area contributed by atoms with Crippen molar-refractivity contribution < 1.29 is 9.84 Å². The molecule has 0 aromatic rings. The Hall–Kier alpha value is -0.0800. The van der Waals surface area contributed by atoms with Crippen LogP contribution in [0.25, 0.3) is 0 Å². The number of hydrogen-bond donors (Lipinski definition) is 1. The highest BCUT2D eigenvalue weighted by molar-refractivity contribution is 5.14. The van der Waals surface area contributed by atoms with Crippen LogP contribution in [0.3, 0.4) is 0 Å². The van der Waals surface area contributed by atoms with E-state index < -0.39 is 0 Å². The highest BCUT2D eigenvalue weighted by Gasteiger charge is 2.64. The third-order valence-corrected chi connectivity index (χ3v) is 10.5. The largest absolute Gasteiger partial charge is 0.396 e. The zero-order valence-corrected chi connectivity index (χ0v) is 19.0. The molecule has 1 N–H and O–H groups in total. The molecule has 4 aliphatic rings. The second kappa shape index (κ2) is 8.22. The van der Waals surface area contributed by atoms with E-state index in [1.54, 1.807) is 0 Å². The molecule has 0 spiro atoms. The van der Waals surface area contributed by atoms with Gasteiger partial charge in [-0.2, -0.15) is 0 Å². The lowest BCUT2D eigenvalue weighted by Gasteiger charge is -2.65. The molecule has 0 aliphatic heterocycles. The van der Waals surface area contributed by atoms with Crippen LogP contribution in [-0.2, 0) is 4.74 Å². The Labute approximate surface area is 174 Å². The van der Waals surface area contributed by atoms with Crippen molar-refractivity contribution in [2.45, 2.75) is 117 Å². The highest BCUT2D eigenvalue weighted by atomic mass is 16.5. The summed E-state index contributed by atoms with van der Waals surface area (Å²) < 4.78 is 6.55. The molecule has 0 radical (unpaired) electrons. The summed E-state index contributed by atoms with van der Waals surface area (Å²) in [7, 11) is 0. The van der Waals surface area contributed by atoms with Crippen molar-refractivity contribution in [3.8, 4) is 0 Å². The van der Waals surface area contributed by atoms with Crippen molar-refractivity contribution in [1.29, 1.82) is 0 Å². The molecule has 4 aliphatic carbocycles. The fourth-order valence-corrected chi connectivity index (χ4v) is 8.99. The first-order chi connectivity index (χ1) is 13.4. The van der Waals surface area contributed by atoms with Crippen molar-refractivity contribution in [3.05, 3.63) is 0 Å². The van der Waals surface area contributed by atoms with Crippen molar-refractivity contribution in [1.82, 2.24) is 0 Å². The maximum atomic E-state index is 8.94. The Bertz CT molecular complexity index is 533. The van der Waals surface area contributed by atoms with Crippen LogP contribution in [0.15, 0.2) is 0 Å². The summed E-state index contributed by atoms with van der Waals surface area (Å²) in [6.45, 7) is 9.25. The van der Waals surface area contributed by atoms with Gasteiger partial charge >= 0.3 is 0 Å². The lowest BCUT2D eigenvalue weighted by Crippen LogP contribution is -2.58. The van der Waals surface area contributed by atoms with Crippen LogP contribution in [0.5, 0.6) is 0 Å². The topological polar surface area (TPSA) is 29.5 Å². The van der Waals surface area contributed by atoms with E-state index in [1.165, 1.54) is 70.6 Å². The van der Waals surface area contributed by atoms with Gasteiger partial charge in [-0.25, -0.2) is 0 Å². The zero-order valence-electron chi connectivity index (χ0n) is 19.0. The molecule has 162 valence electrons. The first kappa shape index (κ1) is 21.2. The molecule has 0 heterocycles. The average Bonchev–Trinajstić information content (AvgIpc) is 3.01. The van der Waals surface area contributed by atoms with Crippen molar-refractivity contribution in [3.63, 3.8) is 0 Å². The maximum Gasteiger partial charge on any atom is 0.0631 e. The summed E-state index contributed by atoms with van der Waals surface area (Å²) in [6.07, 6.45) is 19.4. The molecule has 1 unspecified atom stereocenters. The van der Waals surface area contributed by atoms with E-state index in [9.17, 15) is 0 Å². The Kier molecular flexibility index (Phi) is 6.21. The van der Waals surface area contributed by atoms with Gasteiger partial charge in [-0.3, -0.25) is 0 Å². The fourth-order valence-electron chi connectivity index (χ4n) is 8.99. The van der Waals surface area contributed by atoms with E-state index in [2.05, 4.69) is 20.8 Å². The van der Waals surface area contributed by atoms with Crippen molar-refractivity contribution in [2.24, 2.45) is 34.0 Å². The van der Waals surface area contributed by atoms with Crippen LogP contribution in [0.1, 0.15) is 111 Å². The third-order valence-electron chi connectivity index (χ3n) is 10.5. The predicted octanol–water partition coefficient (Wildman–Crippen LogP) is 6.75. The molecule has 28 heavy (non-hydrogen) atoms. The van der Waals surface area contributed by atoms with Gasteiger partial charge in [-0.05, 0) is 98.2 Å². The minimum atomic E-state index is 0.336. The molecule has 2 nitrogen and oxygen atoms in total. The maximum absolute atomic E-state index is 8.94. The van der Waals surface area contributed by atoms with Gasteiger partial charge in [0.1, 0.15) is 0 Å². The Morgan fingerprint density at radius 3 is 2.29 bits per heavy atom. The van der Waals surface area contributed by atoms with Gasteiger partial charge in [0, 0.05) is 13.2 Å². The van der Waals surface area contributed by atoms with Gasteiger partial charge in [-0.15, -0.1) is 0 Å². The molecule has 0 aromatic carbocycles. The molecular weight excluding hydrogens is 344 g/mol. The lowest BCUT2D eigenvalue weighted by molar-refractivity contribution is -0.176. The molecule has 7 atom stereocenters. The minimum Gasteiger partial charge on any atom is -0.396 e. The smallest absolute Gasteiger partial charge is 0.0631 e. The van der Waals surface area contributed by atoms with E-state index in [4.69, 9.17) is 9.84 Å². The molecule has 0 bridgehead atoms. The molecule has 0 saturated heterocycles. The normalized spacial score (nSPS) is 48.0. The summed E-state index contributed by atoms with van der Waals surface area (Å²) in [5, 5.41) is 8.94. The first-order valence-corrected chi connectivity index (χ1v) is 12.7. The van der Waals surface area contributed by atoms with Gasteiger partial charge < -0.3 is 9.84 Å². The number of aliphatic hydroxyl groups is 1. The molecular formula is C26H46O2. The minimum absolute atomic E-state index is 0.336. The Morgan fingerprint density at radius 2 is 1.46 bits per heavy atom. The van der Waals surface area contributed by atoms with Crippen LogP contribution in [0.4, 0.5) is 0 Å². The molecule has 0 aromatic heterocycles. The number of ether oxygens (including phenoxy) is 1. The van der Waals surface area contributed by atoms with Crippen LogP contribution >= 0.6 is 0 Å². The number of hydrogen-bond acceptors (Lipinski definition) is 2. The molecule has 4 saturated carbocycles.